The Bertz CT molecular complexity index is 986. The van der Waals surface area contributed by atoms with Gasteiger partial charge in [-0.1, -0.05) is 59.8 Å². The van der Waals surface area contributed by atoms with Gasteiger partial charge in [0, 0.05) is 12.3 Å². The second-order valence-electron chi connectivity index (χ2n) is 6.24. The summed E-state index contributed by atoms with van der Waals surface area (Å²) in [6, 6.07) is 14.2. The van der Waals surface area contributed by atoms with Crippen molar-refractivity contribution in [1.82, 2.24) is 20.1 Å². The zero-order valence-electron chi connectivity index (χ0n) is 15.6. The summed E-state index contributed by atoms with van der Waals surface area (Å²) in [5.41, 5.74) is 2.42. The first-order chi connectivity index (χ1) is 13.6. The van der Waals surface area contributed by atoms with Gasteiger partial charge in [0.25, 0.3) is 5.91 Å². The van der Waals surface area contributed by atoms with Crippen molar-refractivity contribution in [2.24, 2.45) is 0 Å². The zero-order chi connectivity index (χ0) is 19.9. The van der Waals surface area contributed by atoms with Gasteiger partial charge in [-0.05, 0) is 24.6 Å². The molecular formula is C21H21FN4OS. The molecule has 1 amide bonds. The maximum absolute atomic E-state index is 13.7. The smallest absolute Gasteiger partial charge is 0.254 e. The average Bonchev–Trinajstić information content (AvgIpc) is 3.07. The molecular weight excluding hydrogens is 375 g/mol. The van der Waals surface area contributed by atoms with Crippen molar-refractivity contribution in [2.75, 3.05) is 0 Å². The summed E-state index contributed by atoms with van der Waals surface area (Å²) in [6.45, 7) is 6.51. The summed E-state index contributed by atoms with van der Waals surface area (Å²) >= 11 is 1.57. The van der Waals surface area contributed by atoms with Crippen LogP contribution in [0.3, 0.4) is 0 Å². The van der Waals surface area contributed by atoms with Crippen LogP contribution in [-0.2, 0) is 18.8 Å². The third-order valence-electron chi connectivity index (χ3n) is 4.08. The number of aryl methyl sites for hydroxylation is 1. The van der Waals surface area contributed by atoms with Crippen LogP contribution in [0.15, 0.2) is 66.3 Å². The molecule has 0 fully saturated rings. The van der Waals surface area contributed by atoms with Gasteiger partial charge >= 0.3 is 0 Å². The van der Waals surface area contributed by atoms with Gasteiger partial charge in [-0.15, -0.1) is 16.8 Å². The fraction of sp³-hybridized carbons (Fsp3) is 0.190. The van der Waals surface area contributed by atoms with Gasteiger partial charge < -0.3 is 9.88 Å². The van der Waals surface area contributed by atoms with Crippen LogP contribution in [0, 0.1) is 12.7 Å². The number of nitrogens with one attached hydrogen (secondary N) is 1. The Morgan fingerprint density at radius 3 is 2.82 bits per heavy atom. The van der Waals surface area contributed by atoms with Crippen molar-refractivity contribution in [3.05, 3.63) is 89.5 Å². The first kappa shape index (κ1) is 19.8. The highest BCUT2D eigenvalue weighted by Gasteiger charge is 2.15. The number of thioether (sulfide) groups is 1. The lowest BCUT2D eigenvalue weighted by Gasteiger charge is -2.09. The molecule has 0 aliphatic heterocycles. The molecule has 144 valence electrons. The number of rotatable bonds is 8. The molecule has 7 heteroatoms. The number of aromatic nitrogens is 3. The predicted octanol–water partition coefficient (Wildman–Crippen LogP) is 4.13. The molecule has 28 heavy (non-hydrogen) atoms. The second kappa shape index (κ2) is 9.32. The summed E-state index contributed by atoms with van der Waals surface area (Å²) in [5, 5.41) is 11.9. The quantitative estimate of drug-likeness (QED) is 0.459. The molecule has 5 nitrogen and oxygen atoms in total. The van der Waals surface area contributed by atoms with E-state index in [1.54, 1.807) is 30.0 Å². The normalized spacial score (nSPS) is 10.6. The lowest BCUT2D eigenvalue weighted by molar-refractivity contribution is 0.0945. The number of hydrogen-bond acceptors (Lipinski definition) is 4. The molecule has 0 saturated heterocycles. The molecule has 0 bridgehead atoms. The van der Waals surface area contributed by atoms with Gasteiger partial charge in [0.1, 0.15) is 5.82 Å². The van der Waals surface area contributed by atoms with E-state index in [1.165, 1.54) is 23.3 Å². The highest BCUT2D eigenvalue weighted by Crippen LogP contribution is 2.22. The highest BCUT2D eigenvalue weighted by atomic mass is 32.2. The van der Waals surface area contributed by atoms with Crippen molar-refractivity contribution >= 4 is 17.7 Å². The molecule has 0 saturated carbocycles. The number of carbonyl (C=O) groups excluding carboxylic acids is 1. The first-order valence-corrected chi connectivity index (χ1v) is 9.81. The van der Waals surface area contributed by atoms with Crippen LogP contribution in [0.4, 0.5) is 4.39 Å². The Morgan fingerprint density at radius 2 is 2.07 bits per heavy atom. The predicted molar refractivity (Wildman–Crippen MR) is 109 cm³/mol. The second-order valence-corrected chi connectivity index (χ2v) is 7.18. The monoisotopic (exact) mass is 396 g/mol. The van der Waals surface area contributed by atoms with E-state index in [2.05, 4.69) is 47.2 Å². The van der Waals surface area contributed by atoms with Crippen molar-refractivity contribution < 1.29 is 9.18 Å². The maximum atomic E-state index is 13.7. The van der Waals surface area contributed by atoms with Gasteiger partial charge in [0.15, 0.2) is 11.0 Å². The van der Waals surface area contributed by atoms with E-state index in [1.807, 2.05) is 10.6 Å². The molecule has 1 aromatic heterocycles. The molecule has 3 rings (SSSR count). The van der Waals surface area contributed by atoms with Gasteiger partial charge in [-0.3, -0.25) is 4.79 Å². The fourth-order valence-corrected chi connectivity index (χ4v) is 3.63. The lowest BCUT2D eigenvalue weighted by Crippen LogP contribution is -2.25. The minimum Gasteiger partial charge on any atom is -0.345 e. The van der Waals surface area contributed by atoms with Crippen LogP contribution in [-0.4, -0.2) is 20.7 Å². The molecule has 3 aromatic rings. The third-order valence-corrected chi connectivity index (χ3v) is 5.12. The Labute approximate surface area is 167 Å². The molecule has 1 heterocycles. The topological polar surface area (TPSA) is 59.8 Å². The van der Waals surface area contributed by atoms with Crippen LogP contribution < -0.4 is 5.32 Å². The average molecular weight is 396 g/mol. The zero-order valence-corrected chi connectivity index (χ0v) is 16.4. The van der Waals surface area contributed by atoms with Crippen LogP contribution in [0.25, 0.3) is 0 Å². The van der Waals surface area contributed by atoms with E-state index in [4.69, 9.17) is 0 Å². The number of hydrogen-bond donors (Lipinski definition) is 1. The number of nitrogens with zero attached hydrogens (tertiary/aromatic N) is 3. The van der Waals surface area contributed by atoms with Crippen LogP contribution in [0.5, 0.6) is 0 Å². The van der Waals surface area contributed by atoms with Crippen molar-refractivity contribution in [3.63, 3.8) is 0 Å². The van der Waals surface area contributed by atoms with Crippen molar-refractivity contribution in [3.8, 4) is 0 Å². The molecule has 2 aromatic carbocycles. The van der Waals surface area contributed by atoms with E-state index in [9.17, 15) is 9.18 Å². The number of halogens is 1. The summed E-state index contributed by atoms with van der Waals surface area (Å²) < 4.78 is 15.6. The number of benzene rings is 2. The summed E-state index contributed by atoms with van der Waals surface area (Å²) in [7, 11) is 0. The summed E-state index contributed by atoms with van der Waals surface area (Å²) in [6.07, 6.45) is 1.75. The van der Waals surface area contributed by atoms with E-state index in [-0.39, 0.29) is 12.1 Å². The van der Waals surface area contributed by atoms with E-state index < -0.39 is 11.7 Å². The Balaban J connectivity index is 1.69. The first-order valence-electron chi connectivity index (χ1n) is 8.82. The van der Waals surface area contributed by atoms with Crippen molar-refractivity contribution in [2.45, 2.75) is 30.9 Å². The van der Waals surface area contributed by atoms with Crippen LogP contribution >= 0.6 is 11.8 Å². The molecule has 0 unspecified atom stereocenters. The van der Waals surface area contributed by atoms with Gasteiger partial charge in [0.05, 0.1) is 12.1 Å². The largest absolute Gasteiger partial charge is 0.345 e. The highest BCUT2D eigenvalue weighted by molar-refractivity contribution is 7.98. The molecule has 0 atom stereocenters. The maximum Gasteiger partial charge on any atom is 0.254 e. The fourth-order valence-electron chi connectivity index (χ4n) is 2.72. The SMILES string of the molecule is C=CCn1c(CNC(=O)c2ccccc2F)nnc1SCc1cccc(C)c1. The minimum absolute atomic E-state index is 0.00586. The van der Waals surface area contributed by atoms with Crippen LogP contribution in [0.2, 0.25) is 0 Å². The summed E-state index contributed by atoms with van der Waals surface area (Å²) in [4.78, 5) is 12.2. The molecule has 0 aliphatic carbocycles. The van der Waals surface area contributed by atoms with Gasteiger partial charge in [-0.25, -0.2) is 4.39 Å². The van der Waals surface area contributed by atoms with Crippen molar-refractivity contribution in [1.29, 1.82) is 0 Å². The lowest BCUT2D eigenvalue weighted by atomic mass is 10.2. The summed E-state index contributed by atoms with van der Waals surface area (Å²) in [5.74, 6) is 0.317. The van der Waals surface area contributed by atoms with E-state index >= 15 is 0 Å². The molecule has 0 aliphatic rings. The van der Waals surface area contributed by atoms with Gasteiger partial charge in [-0.2, -0.15) is 0 Å². The van der Waals surface area contributed by atoms with E-state index in [0.29, 0.717) is 12.4 Å². The number of amides is 1. The van der Waals surface area contributed by atoms with E-state index in [0.717, 1.165) is 10.9 Å². The number of carbonyl (C=O) groups is 1. The minimum atomic E-state index is -0.554. The molecule has 1 N–H and O–H groups in total. The standard InChI is InChI=1S/C21H21FN4OS/c1-3-11-26-19(13-23-20(27)17-9-4-5-10-18(17)22)24-25-21(26)28-14-16-8-6-7-15(2)12-16/h3-10,12H,1,11,13-14H2,2H3,(H,23,27). The Hall–Kier alpha value is -2.93. The molecule has 0 radical (unpaired) electrons. The van der Waals surface area contributed by atoms with Gasteiger partial charge in [0.2, 0.25) is 0 Å². The number of allylic oxidation sites excluding steroid dienone is 1. The van der Waals surface area contributed by atoms with Crippen LogP contribution in [0.1, 0.15) is 27.3 Å². The molecule has 0 spiro atoms. The Morgan fingerprint density at radius 1 is 1.25 bits per heavy atom. The Kier molecular flexibility index (Phi) is 6.60. The third kappa shape index (κ3) is 4.86.